The summed E-state index contributed by atoms with van der Waals surface area (Å²) in [5.74, 6) is -0.971. The molecule has 2 N–H and O–H groups in total. The summed E-state index contributed by atoms with van der Waals surface area (Å²) in [7, 11) is 1.52. The fraction of sp³-hybridized carbons (Fsp3) is 0.120. The third-order valence-electron chi connectivity index (χ3n) is 4.50. The first-order chi connectivity index (χ1) is 16.9. The molecular formula is C25H22BrN3O6. The Morgan fingerprint density at radius 3 is 2.29 bits per heavy atom. The summed E-state index contributed by atoms with van der Waals surface area (Å²) in [6.45, 7) is 2.39. The molecule has 3 aromatic rings. The van der Waals surface area contributed by atoms with Gasteiger partial charge in [0.25, 0.3) is 0 Å². The topological polar surface area (TPSA) is 115 Å². The van der Waals surface area contributed by atoms with Crippen LogP contribution < -0.4 is 25.0 Å². The first kappa shape index (κ1) is 25.4. The molecular weight excluding hydrogens is 518 g/mol. The summed E-state index contributed by atoms with van der Waals surface area (Å²) in [6, 6.07) is 18.0. The molecule has 0 aliphatic carbocycles. The summed E-state index contributed by atoms with van der Waals surface area (Å²) in [6.07, 6.45) is 1.27. The second-order valence-corrected chi connectivity index (χ2v) is 7.83. The van der Waals surface area contributed by atoms with Gasteiger partial charge in [-0.2, -0.15) is 5.10 Å². The van der Waals surface area contributed by atoms with E-state index < -0.39 is 17.8 Å². The van der Waals surface area contributed by atoms with Gasteiger partial charge in [-0.15, -0.1) is 0 Å². The predicted octanol–water partition coefficient (Wildman–Crippen LogP) is 4.16. The molecule has 0 radical (unpaired) electrons. The van der Waals surface area contributed by atoms with E-state index in [-0.39, 0.29) is 5.75 Å². The van der Waals surface area contributed by atoms with Crippen molar-refractivity contribution in [1.82, 2.24) is 5.43 Å². The van der Waals surface area contributed by atoms with E-state index in [0.29, 0.717) is 39.4 Å². The number of nitrogens with one attached hydrogen (secondary N) is 2. The Balaban J connectivity index is 1.63. The zero-order valence-electron chi connectivity index (χ0n) is 18.9. The molecule has 0 aromatic heterocycles. The largest absolute Gasteiger partial charge is 0.497 e. The number of rotatable bonds is 8. The molecule has 3 rings (SSSR count). The lowest BCUT2D eigenvalue weighted by atomic mass is 10.2. The summed E-state index contributed by atoms with van der Waals surface area (Å²) in [5, 5.41) is 6.26. The van der Waals surface area contributed by atoms with E-state index in [2.05, 4.69) is 31.8 Å². The lowest BCUT2D eigenvalue weighted by Crippen LogP contribution is -2.32. The number of methoxy groups -OCH3 is 1. The van der Waals surface area contributed by atoms with Crippen molar-refractivity contribution in [2.75, 3.05) is 19.0 Å². The quantitative estimate of drug-likeness (QED) is 0.146. The zero-order valence-corrected chi connectivity index (χ0v) is 20.5. The predicted molar refractivity (Wildman–Crippen MR) is 134 cm³/mol. The molecule has 0 saturated carbocycles. The molecule has 0 heterocycles. The van der Waals surface area contributed by atoms with E-state index in [1.54, 1.807) is 66.7 Å². The van der Waals surface area contributed by atoms with Crippen LogP contribution in [-0.2, 0) is 9.59 Å². The van der Waals surface area contributed by atoms with Crippen molar-refractivity contribution in [2.24, 2.45) is 5.10 Å². The molecule has 0 fully saturated rings. The minimum absolute atomic E-state index is 0.216. The lowest BCUT2D eigenvalue weighted by molar-refractivity contribution is -0.136. The van der Waals surface area contributed by atoms with E-state index in [9.17, 15) is 14.4 Å². The highest BCUT2D eigenvalue weighted by molar-refractivity contribution is 9.10. The van der Waals surface area contributed by atoms with Gasteiger partial charge in [0.15, 0.2) is 0 Å². The van der Waals surface area contributed by atoms with Gasteiger partial charge in [0.1, 0.15) is 17.2 Å². The van der Waals surface area contributed by atoms with Gasteiger partial charge >= 0.3 is 17.8 Å². The SMILES string of the molecule is CCOc1ccc(C(=O)Oc2ccc(Br)cc2/C=N\NC(=O)C(=O)Nc2ccc(OC)cc2)cc1. The third-order valence-corrected chi connectivity index (χ3v) is 4.99. The minimum atomic E-state index is -0.972. The van der Waals surface area contributed by atoms with Crippen molar-refractivity contribution < 1.29 is 28.6 Å². The monoisotopic (exact) mass is 539 g/mol. The molecule has 0 spiro atoms. The van der Waals surface area contributed by atoms with Gasteiger partial charge in [-0.25, -0.2) is 10.2 Å². The van der Waals surface area contributed by atoms with Gasteiger partial charge in [-0.05, 0) is 73.7 Å². The molecule has 180 valence electrons. The zero-order chi connectivity index (χ0) is 25.2. The van der Waals surface area contributed by atoms with Crippen molar-refractivity contribution in [1.29, 1.82) is 0 Å². The number of carbonyl (C=O) groups is 3. The van der Waals surface area contributed by atoms with Crippen LogP contribution in [0.4, 0.5) is 5.69 Å². The van der Waals surface area contributed by atoms with E-state index in [1.165, 1.54) is 13.3 Å². The van der Waals surface area contributed by atoms with Crippen LogP contribution >= 0.6 is 15.9 Å². The van der Waals surface area contributed by atoms with Gasteiger partial charge in [-0.3, -0.25) is 9.59 Å². The maximum absolute atomic E-state index is 12.6. The molecule has 3 aromatic carbocycles. The fourth-order valence-corrected chi connectivity index (χ4v) is 3.18. The van der Waals surface area contributed by atoms with Crippen LogP contribution in [0.25, 0.3) is 0 Å². The average Bonchev–Trinajstić information content (AvgIpc) is 2.86. The number of hydrazone groups is 1. The molecule has 0 aliphatic rings. The van der Waals surface area contributed by atoms with Gasteiger partial charge < -0.3 is 19.5 Å². The first-order valence-electron chi connectivity index (χ1n) is 10.4. The van der Waals surface area contributed by atoms with E-state index >= 15 is 0 Å². The summed E-state index contributed by atoms with van der Waals surface area (Å²) in [5.41, 5.74) is 3.30. The van der Waals surface area contributed by atoms with Crippen molar-refractivity contribution in [3.05, 3.63) is 82.3 Å². The molecule has 10 heteroatoms. The number of carbonyl (C=O) groups excluding carboxylic acids is 3. The smallest absolute Gasteiger partial charge is 0.343 e. The van der Waals surface area contributed by atoms with E-state index in [1.807, 2.05) is 6.92 Å². The molecule has 0 saturated heterocycles. The van der Waals surface area contributed by atoms with E-state index in [4.69, 9.17) is 14.2 Å². The molecule has 2 amide bonds. The summed E-state index contributed by atoms with van der Waals surface area (Å²) in [4.78, 5) is 36.7. The van der Waals surface area contributed by atoms with Crippen molar-refractivity contribution >= 4 is 45.6 Å². The number of nitrogens with zero attached hydrogens (tertiary/aromatic N) is 1. The second-order valence-electron chi connectivity index (χ2n) is 6.91. The Labute approximate surface area is 210 Å². The van der Waals surface area contributed by atoms with Gasteiger partial charge in [0.05, 0.1) is 25.5 Å². The van der Waals surface area contributed by atoms with Crippen LogP contribution in [0.3, 0.4) is 0 Å². The summed E-state index contributed by atoms with van der Waals surface area (Å²) < 4.78 is 16.6. The van der Waals surface area contributed by atoms with Gasteiger partial charge in [0, 0.05) is 15.7 Å². The van der Waals surface area contributed by atoms with Crippen molar-refractivity contribution in [3.63, 3.8) is 0 Å². The Hall–Kier alpha value is -4.18. The number of anilines is 1. The Morgan fingerprint density at radius 1 is 0.943 bits per heavy atom. The standard InChI is InChI=1S/C25H22BrN3O6/c1-3-34-21-9-4-16(5-10-21)25(32)35-22-13-6-18(26)14-17(22)15-27-29-24(31)23(30)28-19-7-11-20(33-2)12-8-19/h4-15H,3H2,1-2H3,(H,28,30)(H,29,31)/b27-15-. The molecule has 0 unspecified atom stereocenters. The molecule has 0 aliphatic heterocycles. The Morgan fingerprint density at radius 2 is 1.63 bits per heavy atom. The van der Waals surface area contributed by atoms with Crippen LogP contribution in [0.5, 0.6) is 17.2 Å². The number of benzene rings is 3. The molecule has 9 nitrogen and oxygen atoms in total. The van der Waals surface area contributed by atoms with Crippen LogP contribution in [0.1, 0.15) is 22.8 Å². The minimum Gasteiger partial charge on any atom is -0.497 e. The van der Waals surface area contributed by atoms with Crippen molar-refractivity contribution in [2.45, 2.75) is 6.92 Å². The normalized spacial score (nSPS) is 10.5. The Kier molecular flexibility index (Phi) is 8.96. The average molecular weight is 540 g/mol. The van der Waals surface area contributed by atoms with Gasteiger partial charge in [-0.1, -0.05) is 15.9 Å². The van der Waals surface area contributed by atoms with Crippen molar-refractivity contribution in [3.8, 4) is 17.2 Å². The highest BCUT2D eigenvalue weighted by atomic mass is 79.9. The number of esters is 1. The second kappa shape index (κ2) is 12.3. The number of halogens is 1. The molecule has 0 atom stereocenters. The maximum atomic E-state index is 12.6. The van der Waals surface area contributed by atoms with Crippen LogP contribution in [0.15, 0.2) is 76.3 Å². The fourth-order valence-electron chi connectivity index (χ4n) is 2.80. The summed E-state index contributed by atoms with van der Waals surface area (Å²) >= 11 is 3.35. The number of ether oxygens (including phenoxy) is 3. The number of amides is 2. The highest BCUT2D eigenvalue weighted by Gasteiger charge is 2.14. The van der Waals surface area contributed by atoms with Crippen LogP contribution in [-0.4, -0.2) is 37.7 Å². The number of hydrogen-bond acceptors (Lipinski definition) is 7. The van der Waals surface area contributed by atoms with Crippen LogP contribution in [0, 0.1) is 0 Å². The van der Waals surface area contributed by atoms with E-state index in [0.717, 1.165) is 0 Å². The first-order valence-corrected chi connectivity index (χ1v) is 11.2. The molecule has 35 heavy (non-hydrogen) atoms. The maximum Gasteiger partial charge on any atom is 0.343 e. The molecule has 0 bridgehead atoms. The highest BCUT2D eigenvalue weighted by Crippen LogP contribution is 2.23. The third kappa shape index (κ3) is 7.41. The Bertz CT molecular complexity index is 1230. The van der Waals surface area contributed by atoms with Gasteiger partial charge in [0.2, 0.25) is 0 Å². The lowest BCUT2D eigenvalue weighted by Gasteiger charge is -2.09. The van der Waals surface area contributed by atoms with Crippen LogP contribution in [0.2, 0.25) is 0 Å². The number of hydrogen-bond donors (Lipinski definition) is 2.